The summed E-state index contributed by atoms with van der Waals surface area (Å²) in [5.41, 5.74) is 0.975. The van der Waals surface area contributed by atoms with E-state index in [1.54, 1.807) is 26.0 Å². The smallest absolute Gasteiger partial charge is 0.240 e. The molecule has 0 aliphatic carbocycles. The van der Waals surface area contributed by atoms with Crippen LogP contribution in [0.3, 0.4) is 0 Å². The molecule has 0 aliphatic rings. The third-order valence-corrected chi connectivity index (χ3v) is 4.96. The molecule has 2 atom stereocenters. The van der Waals surface area contributed by atoms with Crippen LogP contribution in [0.1, 0.15) is 25.8 Å². The predicted octanol–water partition coefficient (Wildman–Crippen LogP) is 2.25. The van der Waals surface area contributed by atoms with E-state index in [9.17, 15) is 13.2 Å². The van der Waals surface area contributed by atoms with Crippen molar-refractivity contribution in [2.75, 3.05) is 0 Å². The second-order valence-corrected chi connectivity index (χ2v) is 6.63. The van der Waals surface area contributed by atoms with Crippen molar-refractivity contribution in [3.63, 3.8) is 0 Å². The molecule has 0 spiro atoms. The Morgan fingerprint density at radius 3 is 2.32 bits per heavy atom. The standard InChI is InChI=1S/C13H18ClNO3S/c1-4-12(16)13(14)10(3)15-19(17,18)11-7-5-9(2)6-8-11/h5-8,10,13,15H,4H2,1-3H3/t10-,13-/m1/s1. The number of sulfonamides is 1. The molecular formula is C13H18ClNO3S. The summed E-state index contributed by atoms with van der Waals surface area (Å²) >= 11 is 5.92. The molecular weight excluding hydrogens is 286 g/mol. The Hall–Kier alpha value is -0.910. The molecule has 1 N–H and O–H groups in total. The zero-order valence-corrected chi connectivity index (χ0v) is 12.8. The third kappa shape index (κ3) is 4.30. The zero-order chi connectivity index (χ0) is 14.6. The Morgan fingerprint density at radius 2 is 1.84 bits per heavy atom. The monoisotopic (exact) mass is 303 g/mol. The van der Waals surface area contributed by atoms with Crippen molar-refractivity contribution in [3.05, 3.63) is 29.8 Å². The van der Waals surface area contributed by atoms with E-state index in [1.807, 2.05) is 6.92 Å². The second kappa shape index (κ2) is 6.50. The highest BCUT2D eigenvalue weighted by Gasteiger charge is 2.26. The molecule has 0 saturated heterocycles. The average molecular weight is 304 g/mol. The topological polar surface area (TPSA) is 63.2 Å². The van der Waals surface area contributed by atoms with Gasteiger partial charge in [-0.25, -0.2) is 13.1 Å². The number of carbonyl (C=O) groups excluding carboxylic acids is 1. The van der Waals surface area contributed by atoms with Crippen LogP contribution in [0, 0.1) is 6.92 Å². The van der Waals surface area contributed by atoms with Crippen LogP contribution in [0.5, 0.6) is 0 Å². The second-order valence-electron chi connectivity index (χ2n) is 4.44. The number of aryl methyl sites for hydroxylation is 1. The van der Waals surface area contributed by atoms with Crippen molar-refractivity contribution in [2.45, 2.75) is 43.5 Å². The van der Waals surface area contributed by atoms with Crippen LogP contribution in [0.4, 0.5) is 0 Å². The molecule has 0 bridgehead atoms. The van der Waals surface area contributed by atoms with Gasteiger partial charge in [-0.1, -0.05) is 24.6 Å². The number of nitrogens with one attached hydrogen (secondary N) is 1. The van der Waals surface area contributed by atoms with Crippen LogP contribution in [-0.4, -0.2) is 25.6 Å². The summed E-state index contributed by atoms with van der Waals surface area (Å²) in [4.78, 5) is 11.6. The van der Waals surface area contributed by atoms with E-state index < -0.39 is 21.4 Å². The first-order valence-electron chi connectivity index (χ1n) is 6.03. The largest absolute Gasteiger partial charge is 0.298 e. The van der Waals surface area contributed by atoms with Crippen molar-refractivity contribution in [1.82, 2.24) is 4.72 Å². The number of ketones is 1. The van der Waals surface area contributed by atoms with Gasteiger partial charge in [0.25, 0.3) is 0 Å². The van der Waals surface area contributed by atoms with E-state index in [1.165, 1.54) is 12.1 Å². The zero-order valence-electron chi connectivity index (χ0n) is 11.2. The number of alkyl halides is 1. The first-order chi connectivity index (χ1) is 8.77. The van der Waals surface area contributed by atoms with E-state index >= 15 is 0 Å². The molecule has 0 saturated carbocycles. The maximum atomic E-state index is 12.1. The molecule has 0 radical (unpaired) electrons. The molecule has 1 aromatic carbocycles. The summed E-state index contributed by atoms with van der Waals surface area (Å²) in [5.74, 6) is -0.180. The van der Waals surface area contributed by atoms with E-state index in [0.29, 0.717) is 0 Å². The number of carbonyl (C=O) groups is 1. The van der Waals surface area contributed by atoms with Crippen molar-refractivity contribution in [1.29, 1.82) is 0 Å². The molecule has 0 unspecified atom stereocenters. The molecule has 106 valence electrons. The quantitative estimate of drug-likeness (QED) is 0.820. The Kier molecular flexibility index (Phi) is 5.52. The van der Waals surface area contributed by atoms with Gasteiger partial charge < -0.3 is 0 Å². The molecule has 0 fully saturated rings. The van der Waals surface area contributed by atoms with Crippen LogP contribution < -0.4 is 4.72 Å². The summed E-state index contributed by atoms with van der Waals surface area (Å²) in [7, 11) is -3.65. The summed E-state index contributed by atoms with van der Waals surface area (Å²) in [6.45, 7) is 5.15. The lowest BCUT2D eigenvalue weighted by atomic mass is 10.1. The van der Waals surface area contributed by atoms with E-state index in [4.69, 9.17) is 11.6 Å². The first-order valence-corrected chi connectivity index (χ1v) is 7.95. The molecule has 0 heterocycles. The number of benzene rings is 1. The highest BCUT2D eigenvalue weighted by atomic mass is 35.5. The van der Waals surface area contributed by atoms with Gasteiger partial charge in [0.2, 0.25) is 10.0 Å². The van der Waals surface area contributed by atoms with Gasteiger partial charge >= 0.3 is 0 Å². The molecule has 4 nitrogen and oxygen atoms in total. The van der Waals surface area contributed by atoms with Gasteiger partial charge in [0.05, 0.1) is 4.90 Å². The molecule has 6 heteroatoms. The normalized spacial score (nSPS) is 14.9. The van der Waals surface area contributed by atoms with Crippen LogP contribution in [0.25, 0.3) is 0 Å². The van der Waals surface area contributed by atoms with Gasteiger partial charge in [0.1, 0.15) is 5.38 Å². The van der Waals surface area contributed by atoms with E-state index in [-0.39, 0.29) is 17.1 Å². The summed E-state index contributed by atoms with van der Waals surface area (Å²) in [5, 5.41) is -0.856. The van der Waals surface area contributed by atoms with Crippen LogP contribution in [0.2, 0.25) is 0 Å². The molecule has 0 aromatic heterocycles. The van der Waals surface area contributed by atoms with Crippen molar-refractivity contribution < 1.29 is 13.2 Å². The summed E-state index contributed by atoms with van der Waals surface area (Å²) in [6.07, 6.45) is 0.283. The molecule has 0 amide bonds. The van der Waals surface area contributed by atoms with Crippen molar-refractivity contribution >= 4 is 27.4 Å². The summed E-state index contributed by atoms with van der Waals surface area (Å²) in [6, 6.07) is 5.83. The van der Waals surface area contributed by atoms with Gasteiger partial charge in [-0.2, -0.15) is 0 Å². The van der Waals surface area contributed by atoms with Crippen LogP contribution in [-0.2, 0) is 14.8 Å². The highest BCUT2D eigenvalue weighted by Crippen LogP contribution is 2.13. The van der Waals surface area contributed by atoms with Gasteiger partial charge in [0, 0.05) is 12.5 Å². The number of rotatable bonds is 6. The Bertz CT molecular complexity index is 540. The van der Waals surface area contributed by atoms with Crippen molar-refractivity contribution in [2.24, 2.45) is 0 Å². The number of halogens is 1. The third-order valence-electron chi connectivity index (χ3n) is 2.77. The minimum absolute atomic E-state index is 0.165. The number of hydrogen-bond donors (Lipinski definition) is 1. The number of hydrogen-bond acceptors (Lipinski definition) is 3. The maximum absolute atomic E-state index is 12.1. The van der Waals surface area contributed by atoms with Crippen LogP contribution in [0.15, 0.2) is 29.2 Å². The molecule has 19 heavy (non-hydrogen) atoms. The SMILES string of the molecule is CCC(=O)[C@H](Cl)[C@@H](C)NS(=O)(=O)c1ccc(C)cc1. The van der Waals surface area contributed by atoms with Gasteiger partial charge in [-0.3, -0.25) is 4.79 Å². The summed E-state index contributed by atoms with van der Waals surface area (Å²) < 4.78 is 26.6. The first kappa shape index (κ1) is 16.1. The fourth-order valence-corrected chi connectivity index (χ4v) is 3.11. The Morgan fingerprint density at radius 1 is 1.32 bits per heavy atom. The van der Waals surface area contributed by atoms with Gasteiger partial charge in [-0.05, 0) is 26.0 Å². The lowest BCUT2D eigenvalue weighted by Crippen LogP contribution is -2.42. The van der Waals surface area contributed by atoms with Crippen LogP contribution >= 0.6 is 11.6 Å². The molecule has 1 rings (SSSR count). The lowest BCUT2D eigenvalue weighted by molar-refractivity contribution is -0.118. The minimum Gasteiger partial charge on any atom is -0.298 e. The van der Waals surface area contributed by atoms with Crippen molar-refractivity contribution in [3.8, 4) is 0 Å². The predicted molar refractivity (Wildman–Crippen MR) is 75.9 cm³/mol. The Balaban J connectivity index is 2.85. The maximum Gasteiger partial charge on any atom is 0.240 e. The highest BCUT2D eigenvalue weighted by molar-refractivity contribution is 7.89. The Labute approximate surface area is 119 Å². The van der Waals surface area contributed by atoms with Gasteiger partial charge in [-0.15, -0.1) is 11.6 Å². The van der Waals surface area contributed by atoms with E-state index in [2.05, 4.69) is 4.72 Å². The fourth-order valence-electron chi connectivity index (χ4n) is 1.56. The average Bonchev–Trinajstić information content (AvgIpc) is 2.36. The molecule has 0 aliphatic heterocycles. The lowest BCUT2D eigenvalue weighted by Gasteiger charge is -2.18. The number of Topliss-reactive ketones (excluding diaryl/α,β-unsaturated/α-hetero) is 1. The fraction of sp³-hybridized carbons (Fsp3) is 0.462. The van der Waals surface area contributed by atoms with Gasteiger partial charge in [0.15, 0.2) is 5.78 Å². The minimum atomic E-state index is -3.65. The van der Waals surface area contributed by atoms with E-state index in [0.717, 1.165) is 5.56 Å². The molecule has 1 aromatic rings.